The Balaban J connectivity index is 2.32. The molecule has 0 aliphatic carbocycles. The van der Waals surface area contributed by atoms with E-state index in [1.807, 2.05) is 13.8 Å². The average molecular weight is 282 g/mol. The fraction of sp³-hybridized carbons (Fsp3) is 0.462. The van der Waals surface area contributed by atoms with Crippen LogP contribution in [0.5, 0.6) is 0 Å². The van der Waals surface area contributed by atoms with Crippen molar-refractivity contribution in [3.05, 3.63) is 30.3 Å². The lowest BCUT2D eigenvalue weighted by Gasteiger charge is -2.36. The Morgan fingerprint density at radius 2 is 1.89 bits per heavy atom. The van der Waals surface area contributed by atoms with E-state index in [0.29, 0.717) is 23.6 Å². The fourth-order valence-corrected chi connectivity index (χ4v) is 4.10. The predicted molar refractivity (Wildman–Crippen MR) is 72.8 cm³/mol. The van der Waals surface area contributed by atoms with E-state index in [4.69, 9.17) is 5.21 Å². The number of hydrogen-bond donors (Lipinski definition) is 1. The third kappa shape index (κ3) is 2.64. The van der Waals surface area contributed by atoms with Crippen LogP contribution in [0.4, 0.5) is 0 Å². The van der Waals surface area contributed by atoms with Crippen LogP contribution in [-0.2, 0) is 10.0 Å². The van der Waals surface area contributed by atoms with Crippen molar-refractivity contribution < 1.29 is 13.6 Å². The lowest BCUT2D eigenvalue weighted by atomic mass is 9.95. The summed E-state index contributed by atoms with van der Waals surface area (Å²) in [5.74, 6) is -0.0697. The van der Waals surface area contributed by atoms with Gasteiger partial charge in [-0.25, -0.2) is 8.42 Å². The molecule has 0 amide bonds. The smallest absolute Gasteiger partial charge is 0.243 e. The second-order valence-electron chi connectivity index (χ2n) is 4.93. The Morgan fingerprint density at radius 1 is 1.26 bits per heavy atom. The molecule has 1 heterocycles. The molecule has 19 heavy (non-hydrogen) atoms. The molecule has 1 aromatic carbocycles. The van der Waals surface area contributed by atoms with Gasteiger partial charge in [-0.1, -0.05) is 30.3 Å². The number of oxime groups is 1. The normalized spacial score (nSPS) is 27.6. The third-order valence-electron chi connectivity index (χ3n) is 3.50. The number of piperidine rings is 1. The van der Waals surface area contributed by atoms with Crippen molar-refractivity contribution in [1.82, 2.24) is 4.31 Å². The van der Waals surface area contributed by atoms with Crippen LogP contribution in [-0.4, -0.2) is 36.2 Å². The van der Waals surface area contributed by atoms with E-state index in [9.17, 15) is 8.42 Å². The average Bonchev–Trinajstić information content (AvgIpc) is 2.41. The van der Waals surface area contributed by atoms with Gasteiger partial charge in [0, 0.05) is 24.9 Å². The lowest BCUT2D eigenvalue weighted by Crippen LogP contribution is -2.48. The van der Waals surface area contributed by atoms with Gasteiger partial charge >= 0.3 is 0 Å². The van der Waals surface area contributed by atoms with Crippen molar-refractivity contribution in [3.63, 3.8) is 0 Å². The maximum atomic E-state index is 12.6. The zero-order valence-corrected chi connectivity index (χ0v) is 11.8. The number of nitrogens with zero attached hydrogens (tertiary/aromatic N) is 2. The van der Waals surface area contributed by atoms with Crippen LogP contribution in [0.25, 0.3) is 0 Å². The molecule has 1 aliphatic rings. The number of benzene rings is 1. The van der Waals surface area contributed by atoms with Gasteiger partial charge in [-0.15, -0.1) is 0 Å². The molecule has 2 atom stereocenters. The molecule has 0 spiro atoms. The van der Waals surface area contributed by atoms with Crippen LogP contribution in [0.15, 0.2) is 40.4 Å². The van der Waals surface area contributed by atoms with Gasteiger partial charge in [0.05, 0.1) is 10.6 Å². The Kier molecular flexibility index (Phi) is 3.91. The number of hydrogen-bond acceptors (Lipinski definition) is 4. The summed E-state index contributed by atoms with van der Waals surface area (Å²) in [4.78, 5) is 0.304. The fourth-order valence-electron chi connectivity index (χ4n) is 2.36. The van der Waals surface area contributed by atoms with E-state index in [0.717, 1.165) is 0 Å². The predicted octanol–water partition coefficient (Wildman–Crippen LogP) is 1.94. The zero-order valence-electron chi connectivity index (χ0n) is 11.0. The largest absolute Gasteiger partial charge is 0.411 e. The lowest BCUT2D eigenvalue weighted by molar-refractivity contribution is 0.273. The Bertz CT molecular complexity index is 569. The standard InChI is InChI=1S/C13H18N2O3S/c1-10-9-15(11(2)8-13(10)14-16)19(17,18)12-6-4-3-5-7-12/h3-7,10-11,16H,8-9H2,1-2H3. The molecule has 2 rings (SSSR count). The SMILES string of the molecule is CC1CN(S(=O)(=O)c2ccccc2)C(C)CC1=NO. The molecule has 1 aromatic rings. The maximum Gasteiger partial charge on any atom is 0.243 e. The van der Waals surface area contributed by atoms with Gasteiger partial charge < -0.3 is 5.21 Å². The summed E-state index contributed by atoms with van der Waals surface area (Å²) in [6.07, 6.45) is 0.462. The molecule has 1 fully saturated rings. The molecule has 1 N–H and O–H groups in total. The highest BCUT2D eigenvalue weighted by atomic mass is 32.2. The Labute approximate surface area is 113 Å². The summed E-state index contributed by atoms with van der Waals surface area (Å²) in [7, 11) is -3.48. The minimum atomic E-state index is -3.48. The van der Waals surface area contributed by atoms with E-state index in [1.165, 1.54) is 4.31 Å². The minimum absolute atomic E-state index is 0.0697. The molecular formula is C13H18N2O3S. The molecule has 1 saturated heterocycles. The first-order valence-electron chi connectivity index (χ1n) is 6.24. The second kappa shape index (κ2) is 5.30. The van der Waals surface area contributed by atoms with Gasteiger partial charge in [0.1, 0.15) is 0 Å². The maximum absolute atomic E-state index is 12.6. The van der Waals surface area contributed by atoms with Crippen LogP contribution in [0.2, 0.25) is 0 Å². The van der Waals surface area contributed by atoms with E-state index < -0.39 is 10.0 Å². The van der Waals surface area contributed by atoms with E-state index in [1.54, 1.807) is 30.3 Å². The summed E-state index contributed by atoms with van der Waals surface area (Å²) < 4.78 is 26.6. The van der Waals surface area contributed by atoms with Crippen molar-refractivity contribution in [2.75, 3.05) is 6.54 Å². The summed E-state index contributed by atoms with van der Waals surface area (Å²) in [6, 6.07) is 8.21. The molecule has 0 aromatic heterocycles. The summed E-state index contributed by atoms with van der Waals surface area (Å²) in [5, 5.41) is 12.2. The molecule has 0 saturated carbocycles. The first-order valence-corrected chi connectivity index (χ1v) is 7.68. The summed E-state index contributed by atoms with van der Waals surface area (Å²) in [6.45, 7) is 4.05. The Hall–Kier alpha value is -1.40. The van der Waals surface area contributed by atoms with Gasteiger partial charge in [0.25, 0.3) is 0 Å². The van der Waals surface area contributed by atoms with Gasteiger partial charge in [-0.05, 0) is 19.1 Å². The molecular weight excluding hydrogens is 264 g/mol. The van der Waals surface area contributed by atoms with Crippen molar-refractivity contribution in [2.24, 2.45) is 11.1 Å². The van der Waals surface area contributed by atoms with Crippen LogP contribution < -0.4 is 0 Å². The van der Waals surface area contributed by atoms with Gasteiger partial charge in [0.2, 0.25) is 10.0 Å². The summed E-state index contributed by atoms with van der Waals surface area (Å²) >= 11 is 0. The number of rotatable bonds is 2. The molecule has 2 unspecified atom stereocenters. The van der Waals surface area contributed by atoms with Gasteiger partial charge in [-0.2, -0.15) is 4.31 Å². The van der Waals surface area contributed by atoms with E-state index in [-0.39, 0.29) is 12.0 Å². The van der Waals surface area contributed by atoms with Gasteiger partial charge in [-0.3, -0.25) is 0 Å². The van der Waals surface area contributed by atoms with E-state index in [2.05, 4.69) is 5.16 Å². The van der Waals surface area contributed by atoms with Crippen LogP contribution in [0.3, 0.4) is 0 Å². The molecule has 0 radical (unpaired) electrons. The minimum Gasteiger partial charge on any atom is -0.411 e. The zero-order chi connectivity index (χ0) is 14.0. The van der Waals surface area contributed by atoms with Crippen molar-refractivity contribution in [3.8, 4) is 0 Å². The van der Waals surface area contributed by atoms with E-state index >= 15 is 0 Å². The second-order valence-corrected chi connectivity index (χ2v) is 6.82. The van der Waals surface area contributed by atoms with Crippen LogP contribution in [0.1, 0.15) is 20.3 Å². The molecule has 0 bridgehead atoms. The Morgan fingerprint density at radius 3 is 2.47 bits per heavy atom. The van der Waals surface area contributed by atoms with Crippen LogP contribution >= 0.6 is 0 Å². The summed E-state index contributed by atoms with van der Waals surface area (Å²) in [5.41, 5.74) is 0.659. The number of sulfonamides is 1. The van der Waals surface area contributed by atoms with Crippen LogP contribution in [0, 0.1) is 5.92 Å². The van der Waals surface area contributed by atoms with Gasteiger partial charge in [0.15, 0.2) is 0 Å². The quantitative estimate of drug-likeness (QED) is 0.665. The molecule has 6 heteroatoms. The monoisotopic (exact) mass is 282 g/mol. The first kappa shape index (κ1) is 14.0. The highest BCUT2D eigenvalue weighted by molar-refractivity contribution is 7.89. The molecule has 1 aliphatic heterocycles. The highest BCUT2D eigenvalue weighted by Gasteiger charge is 2.36. The first-order chi connectivity index (χ1) is 8.96. The topological polar surface area (TPSA) is 70.0 Å². The molecule has 104 valence electrons. The highest BCUT2D eigenvalue weighted by Crippen LogP contribution is 2.26. The third-order valence-corrected chi connectivity index (χ3v) is 5.49. The van der Waals surface area contributed by atoms with Crippen molar-refractivity contribution in [1.29, 1.82) is 0 Å². The molecule has 5 nitrogen and oxygen atoms in total. The van der Waals surface area contributed by atoms with Crippen molar-refractivity contribution in [2.45, 2.75) is 31.2 Å². The van der Waals surface area contributed by atoms with Crippen molar-refractivity contribution >= 4 is 15.7 Å².